The van der Waals surface area contributed by atoms with Gasteiger partial charge in [-0.15, -0.1) is 12.4 Å². The Morgan fingerprint density at radius 2 is 2.10 bits per heavy atom. The number of hydrogen-bond donors (Lipinski definition) is 2. The number of sulfonamides is 1. The van der Waals surface area contributed by atoms with Gasteiger partial charge in [-0.1, -0.05) is 24.1 Å². The van der Waals surface area contributed by atoms with E-state index in [9.17, 15) is 12.8 Å². The average molecular weight is 343 g/mol. The molecule has 1 aromatic rings. The number of rotatable bonds is 4. The molecule has 20 heavy (non-hydrogen) atoms. The minimum absolute atomic E-state index is 0. The standard InChI is InChI=1S/C12H16ClFN2O2S.ClH/c13-9-4-2-6-11(12(9)14)19(17,18)16-10-5-1-3-8(10)7-15;/h2,4,6,8,10,16H,1,3,5,7,15H2;1H. The largest absolute Gasteiger partial charge is 0.330 e. The number of hydrogen-bond acceptors (Lipinski definition) is 3. The molecule has 0 aromatic heterocycles. The van der Waals surface area contributed by atoms with Crippen molar-refractivity contribution in [1.29, 1.82) is 0 Å². The first-order valence-electron chi connectivity index (χ1n) is 6.12. The monoisotopic (exact) mass is 342 g/mol. The van der Waals surface area contributed by atoms with E-state index in [1.165, 1.54) is 18.2 Å². The Morgan fingerprint density at radius 3 is 2.75 bits per heavy atom. The third-order valence-electron chi connectivity index (χ3n) is 3.47. The minimum Gasteiger partial charge on any atom is -0.330 e. The lowest BCUT2D eigenvalue weighted by atomic mass is 10.1. The van der Waals surface area contributed by atoms with Crippen LogP contribution >= 0.6 is 24.0 Å². The van der Waals surface area contributed by atoms with Crippen LogP contribution in [0.15, 0.2) is 23.1 Å². The fourth-order valence-electron chi connectivity index (χ4n) is 2.43. The van der Waals surface area contributed by atoms with Gasteiger partial charge in [0.25, 0.3) is 0 Å². The summed E-state index contributed by atoms with van der Waals surface area (Å²) >= 11 is 5.61. The van der Waals surface area contributed by atoms with Gasteiger partial charge < -0.3 is 5.73 Å². The highest BCUT2D eigenvalue weighted by Crippen LogP contribution is 2.27. The Bertz CT molecular complexity index is 569. The number of nitrogens with two attached hydrogens (primary N) is 1. The van der Waals surface area contributed by atoms with E-state index in [0.29, 0.717) is 6.54 Å². The van der Waals surface area contributed by atoms with E-state index < -0.39 is 20.7 Å². The van der Waals surface area contributed by atoms with Crippen LogP contribution < -0.4 is 10.5 Å². The summed E-state index contributed by atoms with van der Waals surface area (Å²) in [7, 11) is -3.90. The zero-order valence-corrected chi connectivity index (χ0v) is 13.1. The van der Waals surface area contributed by atoms with Crippen LogP contribution in [0.4, 0.5) is 4.39 Å². The molecule has 8 heteroatoms. The van der Waals surface area contributed by atoms with Gasteiger partial charge in [-0.2, -0.15) is 0 Å². The van der Waals surface area contributed by atoms with Crippen LogP contribution in [0.3, 0.4) is 0 Å². The molecule has 1 fully saturated rings. The topological polar surface area (TPSA) is 72.2 Å². The maximum absolute atomic E-state index is 13.8. The maximum Gasteiger partial charge on any atom is 0.243 e. The van der Waals surface area contributed by atoms with E-state index in [1.807, 2.05) is 0 Å². The molecule has 0 saturated heterocycles. The molecule has 0 bridgehead atoms. The van der Waals surface area contributed by atoms with E-state index in [2.05, 4.69) is 4.72 Å². The zero-order valence-electron chi connectivity index (χ0n) is 10.7. The highest BCUT2D eigenvalue weighted by atomic mass is 35.5. The Labute approximate surface area is 129 Å². The number of halogens is 3. The Balaban J connectivity index is 0.00000200. The highest BCUT2D eigenvalue weighted by Gasteiger charge is 2.31. The van der Waals surface area contributed by atoms with E-state index in [0.717, 1.165) is 19.3 Å². The second-order valence-electron chi connectivity index (χ2n) is 4.71. The second-order valence-corrected chi connectivity index (χ2v) is 6.80. The van der Waals surface area contributed by atoms with Crippen molar-refractivity contribution in [3.05, 3.63) is 29.0 Å². The molecule has 0 heterocycles. The molecule has 0 aliphatic heterocycles. The summed E-state index contributed by atoms with van der Waals surface area (Å²) in [6, 6.07) is 3.70. The smallest absolute Gasteiger partial charge is 0.243 e. The predicted molar refractivity (Wildman–Crippen MR) is 79.2 cm³/mol. The lowest BCUT2D eigenvalue weighted by molar-refractivity contribution is 0.451. The second kappa shape index (κ2) is 7.04. The van der Waals surface area contributed by atoms with Crippen molar-refractivity contribution in [3.63, 3.8) is 0 Å². The molecule has 114 valence electrons. The molecule has 2 unspecified atom stereocenters. The molecule has 0 amide bonds. The fourth-order valence-corrected chi connectivity index (χ4v) is 4.10. The minimum atomic E-state index is -3.90. The molecule has 0 spiro atoms. The van der Waals surface area contributed by atoms with Crippen LogP contribution in [0.1, 0.15) is 19.3 Å². The molecule has 4 nitrogen and oxygen atoms in total. The molecule has 3 N–H and O–H groups in total. The molecule has 1 aliphatic rings. The van der Waals surface area contributed by atoms with Crippen molar-refractivity contribution < 1.29 is 12.8 Å². The molecule has 2 atom stereocenters. The van der Waals surface area contributed by atoms with Gasteiger partial charge in [-0.05, 0) is 37.4 Å². The van der Waals surface area contributed by atoms with Crippen molar-refractivity contribution in [2.45, 2.75) is 30.2 Å². The van der Waals surface area contributed by atoms with E-state index in [4.69, 9.17) is 17.3 Å². The van der Waals surface area contributed by atoms with Crippen molar-refractivity contribution in [2.24, 2.45) is 11.7 Å². The predicted octanol–water partition coefficient (Wildman–Crippen LogP) is 2.31. The Hall–Kier alpha value is -0.400. The number of benzene rings is 1. The van der Waals surface area contributed by atoms with E-state index in [-0.39, 0.29) is 29.4 Å². The van der Waals surface area contributed by atoms with Gasteiger partial charge in [0.2, 0.25) is 10.0 Å². The van der Waals surface area contributed by atoms with Crippen LogP contribution in [0.25, 0.3) is 0 Å². The van der Waals surface area contributed by atoms with Gasteiger partial charge in [-0.3, -0.25) is 0 Å². The van der Waals surface area contributed by atoms with Crippen molar-refractivity contribution >= 4 is 34.0 Å². The first kappa shape index (κ1) is 17.7. The summed E-state index contributed by atoms with van der Waals surface area (Å²) in [5, 5.41) is -0.204. The lowest BCUT2D eigenvalue weighted by Crippen LogP contribution is -2.40. The zero-order chi connectivity index (χ0) is 14.0. The Kier molecular flexibility index (Phi) is 6.22. The fraction of sp³-hybridized carbons (Fsp3) is 0.500. The normalized spacial score (nSPS) is 22.6. The first-order valence-corrected chi connectivity index (χ1v) is 7.98. The summed E-state index contributed by atoms with van der Waals surface area (Å²) in [5.74, 6) is -0.809. The summed E-state index contributed by atoms with van der Waals surface area (Å²) in [6.45, 7) is 0.422. The van der Waals surface area contributed by atoms with Crippen LogP contribution in [0.2, 0.25) is 5.02 Å². The van der Waals surface area contributed by atoms with Crippen LogP contribution in [0.5, 0.6) is 0 Å². The van der Waals surface area contributed by atoms with E-state index >= 15 is 0 Å². The van der Waals surface area contributed by atoms with Gasteiger partial charge in [0.05, 0.1) is 5.02 Å². The van der Waals surface area contributed by atoms with E-state index in [1.54, 1.807) is 0 Å². The van der Waals surface area contributed by atoms with Gasteiger partial charge >= 0.3 is 0 Å². The van der Waals surface area contributed by atoms with Crippen molar-refractivity contribution in [1.82, 2.24) is 4.72 Å². The SMILES string of the molecule is Cl.NCC1CCCC1NS(=O)(=O)c1cccc(Cl)c1F. The maximum atomic E-state index is 13.8. The van der Waals surface area contributed by atoms with Crippen LogP contribution in [0, 0.1) is 11.7 Å². The third kappa shape index (κ3) is 3.62. The van der Waals surface area contributed by atoms with Crippen molar-refractivity contribution in [3.8, 4) is 0 Å². The highest BCUT2D eigenvalue weighted by molar-refractivity contribution is 7.89. The van der Waals surface area contributed by atoms with Gasteiger partial charge in [0.15, 0.2) is 5.82 Å². The summed E-state index contributed by atoms with van der Waals surface area (Å²) < 4.78 is 40.7. The first-order chi connectivity index (χ1) is 8.95. The summed E-state index contributed by atoms with van der Waals surface area (Å²) in [5.41, 5.74) is 5.61. The molecular weight excluding hydrogens is 326 g/mol. The van der Waals surface area contributed by atoms with Gasteiger partial charge in [-0.25, -0.2) is 17.5 Å². The molecule has 1 aliphatic carbocycles. The molecule has 0 radical (unpaired) electrons. The lowest BCUT2D eigenvalue weighted by Gasteiger charge is -2.19. The molecule has 2 rings (SSSR count). The van der Waals surface area contributed by atoms with Crippen molar-refractivity contribution in [2.75, 3.05) is 6.54 Å². The Morgan fingerprint density at radius 1 is 1.40 bits per heavy atom. The third-order valence-corrected chi connectivity index (χ3v) is 5.27. The quantitative estimate of drug-likeness (QED) is 0.881. The van der Waals surface area contributed by atoms with Gasteiger partial charge in [0.1, 0.15) is 4.90 Å². The van der Waals surface area contributed by atoms with Crippen LogP contribution in [-0.4, -0.2) is 21.0 Å². The summed E-state index contributed by atoms with van der Waals surface area (Å²) in [6.07, 6.45) is 2.54. The molecular formula is C12H17Cl2FN2O2S. The summed E-state index contributed by atoms with van der Waals surface area (Å²) in [4.78, 5) is -0.414. The molecule has 1 saturated carbocycles. The van der Waals surface area contributed by atoms with Crippen LogP contribution in [-0.2, 0) is 10.0 Å². The number of nitrogens with one attached hydrogen (secondary N) is 1. The van der Waals surface area contributed by atoms with Gasteiger partial charge in [0, 0.05) is 6.04 Å². The average Bonchev–Trinajstić information content (AvgIpc) is 2.78. The molecule has 1 aromatic carbocycles.